The first kappa shape index (κ1) is 14.0. The van der Waals surface area contributed by atoms with Gasteiger partial charge in [0.2, 0.25) is 0 Å². The molecule has 0 aliphatic rings. The van der Waals surface area contributed by atoms with Gasteiger partial charge in [-0.25, -0.2) is 0 Å². The van der Waals surface area contributed by atoms with E-state index in [0.29, 0.717) is 0 Å². The molecule has 0 spiro atoms. The third-order valence-electron chi connectivity index (χ3n) is 2.74. The SMILES string of the molecule is CCNCC(C)Oc1ccc(C(C)(C)C)cc1. The van der Waals surface area contributed by atoms with Crippen LogP contribution >= 0.6 is 0 Å². The van der Waals surface area contributed by atoms with E-state index in [1.807, 2.05) is 0 Å². The molecule has 1 N–H and O–H groups in total. The fraction of sp³-hybridized carbons (Fsp3) is 0.600. The molecule has 0 aliphatic heterocycles. The number of benzene rings is 1. The summed E-state index contributed by atoms with van der Waals surface area (Å²) in [4.78, 5) is 0. The molecule has 1 unspecified atom stereocenters. The van der Waals surface area contributed by atoms with Gasteiger partial charge in [-0.05, 0) is 36.6 Å². The lowest BCUT2D eigenvalue weighted by atomic mass is 9.87. The second-order valence-corrected chi connectivity index (χ2v) is 5.51. The van der Waals surface area contributed by atoms with Gasteiger partial charge in [0, 0.05) is 6.54 Å². The van der Waals surface area contributed by atoms with Crippen LogP contribution in [0.15, 0.2) is 24.3 Å². The van der Waals surface area contributed by atoms with Crippen molar-refractivity contribution in [3.05, 3.63) is 29.8 Å². The van der Waals surface area contributed by atoms with Crippen LogP contribution in [0.2, 0.25) is 0 Å². The van der Waals surface area contributed by atoms with Crippen molar-refractivity contribution in [2.75, 3.05) is 13.1 Å². The van der Waals surface area contributed by atoms with Gasteiger partial charge < -0.3 is 10.1 Å². The minimum atomic E-state index is 0.202. The fourth-order valence-electron chi connectivity index (χ4n) is 1.66. The van der Waals surface area contributed by atoms with Crippen molar-refractivity contribution in [2.24, 2.45) is 0 Å². The lowest BCUT2D eigenvalue weighted by molar-refractivity contribution is 0.218. The lowest BCUT2D eigenvalue weighted by Crippen LogP contribution is -2.28. The molecular weight excluding hydrogens is 210 g/mol. The van der Waals surface area contributed by atoms with Crippen LogP contribution in [0.1, 0.15) is 40.2 Å². The minimum absolute atomic E-state index is 0.202. The zero-order valence-electron chi connectivity index (χ0n) is 11.7. The number of rotatable bonds is 5. The van der Waals surface area contributed by atoms with E-state index in [9.17, 15) is 0 Å². The van der Waals surface area contributed by atoms with E-state index in [-0.39, 0.29) is 11.5 Å². The first-order valence-corrected chi connectivity index (χ1v) is 6.41. The summed E-state index contributed by atoms with van der Waals surface area (Å²) < 4.78 is 5.82. The molecule has 0 heterocycles. The van der Waals surface area contributed by atoms with E-state index in [0.717, 1.165) is 18.8 Å². The third-order valence-corrected chi connectivity index (χ3v) is 2.74. The van der Waals surface area contributed by atoms with Gasteiger partial charge in [-0.2, -0.15) is 0 Å². The topological polar surface area (TPSA) is 21.3 Å². The molecule has 0 fully saturated rings. The molecule has 17 heavy (non-hydrogen) atoms. The second-order valence-electron chi connectivity index (χ2n) is 5.51. The monoisotopic (exact) mass is 235 g/mol. The number of hydrogen-bond acceptors (Lipinski definition) is 2. The Morgan fingerprint density at radius 1 is 1.18 bits per heavy atom. The zero-order valence-corrected chi connectivity index (χ0v) is 11.7. The molecule has 1 aromatic carbocycles. The molecule has 0 bridgehead atoms. The van der Waals surface area contributed by atoms with Gasteiger partial charge in [0.05, 0.1) is 0 Å². The quantitative estimate of drug-likeness (QED) is 0.845. The summed E-state index contributed by atoms with van der Waals surface area (Å²) >= 11 is 0. The van der Waals surface area contributed by atoms with Crippen molar-refractivity contribution in [1.82, 2.24) is 5.32 Å². The highest BCUT2D eigenvalue weighted by Crippen LogP contribution is 2.24. The molecule has 0 saturated heterocycles. The minimum Gasteiger partial charge on any atom is -0.489 e. The van der Waals surface area contributed by atoms with E-state index in [2.05, 4.69) is 64.2 Å². The summed E-state index contributed by atoms with van der Waals surface area (Å²) in [6.45, 7) is 12.7. The summed E-state index contributed by atoms with van der Waals surface area (Å²) in [6.07, 6.45) is 0.204. The highest BCUT2D eigenvalue weighted by Gasteiger charge is 2.13. The Morgan fingerprint density at radius 2 is 1.76 bits per heavy atom. The Morgan fingerprint density at radius 3 is 2.24 bits per heavy atom. The third kappa shape index (κ3) is 4.78. The van der Waals surface area contributed by atoms with Gasteiger partial charge in [-0.1, -0.05) is 39.8 Å². The molecule has 1 aromatic rings. The fourth-order valence-corrected chi connectivity index (χ4v) is 1.66. The molecule has 0 saturated carbocycles. The van der Waals surface area contributed by atoms with Gasteiger partial charge in [-0.15, -0.1) is 0 Å². The molecule has 1 atom stereocenters. The van der Waals surface area contributed by atoms with Crippen LogP contribution < -0.4 is 10.1 Å². The van der Waals surface area contributed by atoms with E-state index < -0.39 is 0 Å². The van der Waals surface area contributed by atoms with Crippen molar-refractivity contribution in [1.29, 1.82) is 0 Å². The van der Waals surface area contributed by atoms with Crippen LogP contribution in [0.4, 0.5) is 0 Å². The van der Waals surface area contributed by atoms with Crippen molar-refractivity contribution in [3.8, 4) is 5.75 Å². The zero-order chi connectivity index (χ0) is 12.9. The maximum Gasteiger partial charge on any atom is 0.119 e. The highest BCUT2D eigenvalue weighted by molar-refractivity contribution is 5.31. The molecule has 2 heteroatoms. The van der Waals surface area contributed by atoms with Crippen molar-refractivity contribution in [3.63, 3.8) is 0 Å². The first-order valence-electron chi connectivity index (χ1n) is 6.41. The summed E-state index contributed by atoms with van der Waals surface area (Å²) in [6, 6.07) is 8.41. The molecule has 0 aromatic heterocycles. The number of hydrogen-bond donors (Lipinski definition) is 1. The normalized spacial score (nSPS) is 13.5. The second kappa shape index (κ2) is 6.06. The number of nitrogens with one attached hydrogen (secondary N) is 1. The lowest BCUT2D eigenvalue weighted by Gasteiger charge is -2.20. The van der Waals surface area contributed by atoms with Crippen LogP contribution in [-0.2, 0) is 5.41 Å². The van der Waals surface area contributed by atoms with Crippen LogP contribution in [0.5, 0.6) is 5.75 Å². The molecule has 1 rings (SSSR count). The summed E-state index contributed by atoms with van der Waals surface area (Å²) in [5, 5.41) is 3.28. The Balaban J connectivity index is 2.56. The maximum absolute atomic E-state index is 5.82. The maximum atomic E-state index is 5.82. The Labute approximate surface area is 105 Å². The van der Waals surface area contributed by atoms with Crippen molar-refractivity contribution >= 4 is 0 Å². The Bertz CT molecular complexity index is 324. The molecule has 2 nitrogen and oxygen atoms in total. The van der Waals surface area contributed by atoms with E-state index in [4.69, 9.17) is 4.74 Å². The van der Waals surface area contributed by atoms with E-state index in [1.54, 1.807) is 0 Å². The van der Waals surface area contributed by atoms with Crippen molar-refractivity contribution < 1.29 is 4.74 Å². The molecule has 96 valence electrons. The van der Waals surface area contributed by atoms with E-state index in [1.165, 1.54) is 5.56 Å². The summed E-state index contributed by atoms with van der Waals surface area (Å²) in [5.41, 5.74) is 1.54. The van der Waals surface area contributed by atoms with Gasteiger partial charge in [0.15, 0.2) is 0 Å². The van der Waals surface area contributed by atoms with Crippen LogP contribution in [0, 0.1) is 0 Å². The predicted octanol–water partition coefficient (Wildman–Crippen LogP) is 3.36. The van der Waals surface area contributed by atoms with Gasteiger partial charge in [0.1, 0.15) is 11.9 Å². The highest BCUT2D eigenvalue weighted by atomic mass is 16.5. The Hall–Kier alpha value is -1.02. The van der Waals surface area contributed by atoms with Gasteiger partial charge >= 0.3 is 0 Å². The standard InChI is InChI=1S/C15H25NO/c1-6-16-11-12(2)17-14-9-7-13(8-10-14)15(3,4)5/h7-10,12,16H,6,11H2,1-5H3. The van der Waals surface area contributed by atoms with Crippen LogP contribution in [0.3, 0.4) is 0 Å². The molecular formula is C15H25NO. The van der Waals surface area contributed by atoms with Crippen LogP contribution in [0.25, 0.3) is 0 Å². The largest absolute Gasteiger partial charge is 0.489 e. The van der Waals surface area contributed by atoms with Gasteiger partial charge in [0.25, 0.3) is 0 Å². The van der Waals surface area contributed by atoms with Gasteiger partial charge in [-0.3, -0.25) is 0 Å². The summed E-state index contributed by atoms with van der Waals surface area (Å²) in [5.74, 6) is 0.948. The number of likely N-dealkylation sites (N-methyl/N-ethyl adjacent to an activating group) is 1. The molecule has 0 radical (unpaired) electrons. The smallest absolute Gasteiger partial charge is 0.119 e. The van der Waals surface area contributed by atoms with Crippen molar-refractivity contribution in [2.45, 2.75) is 46.1 Å². The molecule has 0 aliphatic carbocycles. The van der Waals surface area contributed by atoms with Crippen LogP contribution in [-0.4, -0.2) is 19.2 Å². The number of ether oxygens (including phenoxy) is 1. The average molecular weight is 235 g/mol. The summed E-state index contributed by atoms with van der Waals surface area (Å²) in [7, 11) is 0. The average Bonchev–Trinajstić information content (AvgIpc) is 2.26. The molecule has 0 amide bonds. The Kier molecular flexibility index (Phi) is 5.01. The predicted molar refractivity (Wildman–Crippen MR) is 73.8 cm³/mol. The first-order chi connectivity index (χ1) is 7.93. The van der Waals surface area contributed by atoms with E-state index >= 15 is 0 Å².